The number of benzene rings is 2. The Kier molecular flexibility index (Phi) is 6.32. The van der Waals surface area contributed by atoms with Gasteiger partial charge in [-0.1, -0.05) is 17.7 Å². The molecule has 0 spiro atoms. The van der Waals surface area contributed by atoms with Crippen molar-refractivity contribution in [2.45, 2.75) is 25.7 Å². The van der Waals surface area contributed by atoms with Gasteiger partial charge in [0.05, 0.1) is 7.11 Å². The molecule has 0 saturated heterocycles. The molecule has 0 heterocycles. The highest BCUT2D eigenvalue weighted by Crippen LogP contribution is 2.27. The second-order valence-corrected chi connectivity index (χ2v) is 7.92. The number of aryl methyl sites for hydroxylation is 3. The van der Waals surface area contributed by atoms with Crippen LogP contribution in [-0.2, 0) is 10.0 Å². The van der Waals surface area contributed by atoms with Crippen LogP contribution in [0.1, 0.15) is 16.7 Å². The van der Waals surface area contributed by atoms with Gasteiger partial charge in [-0.25, -0.2) is 13.1 Å². The summed E-state index contributed by atoms with van der Waals surface area (Å²) in [6.07, 6.45) is 0. The van der Waals surface area contributed by atoms with Crippen LogP contribution in [0.2, 0.25) is 5.02 Å². The molecule has 5 nitrogen and oxygen atoms in total. The monoisotopic (exact) mass is 383 g/mol. The average molecular weight is 384 g/mol. The van der Waals surface area contributed by atoms with Crippen LogP contribution in [0.3, 0.4) is 0 Å². The van der Waals surface area contributed by atoms with Crippen molar-refractivity contribution in [1.29, 1.82) is 0 Å². The minimum Gasteiger partial charge on any atom is -0.495 e. The van der Waals surface area contributed by atoms with E-state index in [1.165, 1.54) is 24.8 Å². The minimum absolute atomic E-state index is 0.00450. The number of hydrogen-bond acceptors (Lipinski definition) is 4. The fraction of sp³-hybridized carbons (Fsp3) is 0.333. The molecule has 1 N–H and O–H groups in total. The first-order valence-corrected chi connectivity index (χ1v) is 9.64. The summed E-state index contributed by atoms with van der Waals surface area (Å²) in [5.41, 5.74) is 3.34. The van der Waals surface area contributed by atoms with E-state index in [1.54, 1.807) is 6.07 Å². The van der Waals surface area contributed by atoms with Crippen LogP contribution in [0.15, 0.2) is 35.2 Å². The molecule has 0 aromatic heterocycles. The smallest absolute Gasteiger partial charge is 0.244 e. The van der Waals surface area contributed by atoms with Gasteiger partial charge in [0.1, 0.15) is 23.0 Å². The molecule has 136 valence electrons. The van der Waals surface area contributed by atoms with Gasteiger partial charge in [0, 0.05) is 11.6 Å². The summed E-state index contributed by atoms with van der Waals surface area (Å²) >= 11 is 5.89. The zero-order valence-electron chi connectivity index (χ0n) is 14.7. The maximum absolute atomic E-state index is 12.4. The van der Waals surface area contributed by atoms with E-state index in [0.717, 1.165) is 16.9 Å². The van der Waals surface area contributed by atoms with Crippen molar-refractivity contribution in [2.75, 3.05) is 20.3 Å². The van der Waals surface area contributed by atoms with Crippen LogP contribution < -0.4 is 14.2 Å². The molecule has 7 heteroatoms. The normalized spacial score (nSPS) is 11.4. The van der Waals surface area contributed by atoms with Crippen molar-refractivity contribution in [3.05, 3.63) is 52.0 Å². The standard InChI is InChI=1S/C18H22ClNO4S/c1-12-9-14(3)17(10-13(12)2)24-8-7-20-25(21,22)18-11-15(19)5-6-16(18)23-4/h5-6,9-11,20H,7-8H2,1-4H3. The molecular weight excluding hydrogens is 362 g/mol. The molecule has 0 radical (unpaired) electrons. The highest BCUT2D eigenvalue weighted by atomic mass is 35.5. The number of ether oxygens (including phenoxy) is 2. The second kappa shape index (κ2) is 8.08. The van der Waals surface area contributed by atoms with Gasteiger partial charge in [-0.15, -0.1) is 0 Å². The van der Waals surface area contributed by atoms with E-state index in [-0.39, 0.29) is 23.8 Å². The van der Waals surface area contributed by atoms with Crippen molar-refractivity contribution in [1.82, 2.24) is 4.72 Å². The summed E-state index contributed by atoms with van der Waals surface area (Å²) in [7, 11) is -2.33. The Hall–Kier alpha value is -1.76. The van der Waals surface area contributed by atoms with Gasteiger partial charge in [0.25, 0.3) is 0 Å². The fourth-order valence-electron chi connectivity index (χ4n) is 2.36. The molecule has 0 aliphatic carbocycles. The van der Waals surface area contributed by atoms with E-state index in [4.69, 9.17) is 21.1 Å². The summed E-state index contributed by atoms with van der Waals surface area (Å²) < 4.78 is 38.2. The lowest BCUT2D eigenvalue weighted by Crippen LogP contribution is -2.28. The number of nitrogens with one attached hydrogen (secondary N) is 1. The van der Waals surface area contributed by atoms with Crippen LogP contribution in [0.25, 0.3) is 0 Å². The highest BCUT2D eigenvalue weighted by molar-refractivity contribution is 7.89. The molecule has 0 unspecified atom stereocenters. The molecule has 0 atom stereocenters. The van der Waals surface area contributed by atoms with Gasteiger partial charge in [0.15, 0.2) is 0 Å². The Morgan fingerprint density at radius 2 is 1.68 bits per heavy atom. The second-order valence-electron chi connectivity index (χ2n) is 5.74. The highest BCUT2D eigenvalue weighted by Gasteiger charge is 2.19. The molecule has 0 aliphatic rings. The van der Waals surface area contributed by atoms with Gasteiger partial charge in [-0.3, -0.25) is 0 Å². The van der Waals surface area contributed by atoms with Gasteiger partial charge in [-0.05, 0) is 61.7 Å². The summed E-state index contributed by atoms with van der Waals surface area (Å²) in [6, 6.07) is 8.46. The van der Waals surface area contributed by atoms with Crippen LogP contribution in [0, 0.1) is 20.8 Å². The van der Waals surface area contributed by atoms with E-state index in [1.807, 2.05) is 32.9 Å². The number of hydrogen-bond donors (Lipinski definition) is 1. The summed E-state index contributed by atoms with van der Waals surface area (Å²) in [5, 5.41) is 0.322. The van der Waals surface area contributed by atoms with Gasteiger partial charge in [0.2, 0.25) is 10.0 Å². The first kappa shape index (κ1) is 19.6. The Morgan fingerprint density at radius 1 is 1.00 bits per heavy atom. The van der Waals surface area contributed by atoms with Crippen molar-refractivity contribution in [3.8, 4) is 11.5 Å². The first-order chi connectivity index (χ1) is 11.7. The predicted octanol–water partition coefficient (Wildman–Crippen LogP) is 3.63. The zero-order chi connectivity index (χ0) is 18.6. The van der Waals surface area contributed by atoms with Crippen molar-refractivity contribution in [3.63, 3.8) is 0 Å². The number of sulfonamides is 1. The molecule has 2 aromatic carbocycles. The SMILES string of the molecule is COc1ccc(Cl)cc1S(=O)(=O)NCCOc1cc(C)c(C)cc1C. The Morgan fingerprint density at radius 3 is 2.36 bits per heavy atom. The Labute approximate surface area is 154 Å². The molecular formula is C18H22ClNO4S. The number of methoxy groups -OCH3 is 1. The molecule has 0 fully saturated rings. The van der Waals surface area contributed by atoms with Crippen molar-refractivity contribution in [2.24, 2.45) is 0 Å². The third kappa shape index (κ3) is 4.87. The van der Waals surface area contributed by atoms with E-state index < -0.39 is 10.0 Å². The van der Waals surface area contributed by atoms with E-state index in [0.29, 0.717) is 5.02 Å². The third-order valence-corrected chi connectivity index (χ3v) is 5.58. The van der Waals surface area contributed by atoms with Gasteiger partial charge in [-0.2, -0.15) is 0 Å². The maximum atomic E-state index is 12.4. The molecule has 25 heavy (non-hydrogen) atoms. The van der Waals surface area contributed by atoms with E-state index in [2.05, 4.69) is 4.72 Å². The topological polar surface area (TPSA) is 64.6 Å². The van der Waals surface area contributed by atoms with Gasteiger partial charge >= 0.3 is 0 Å². The van der Waals surface area contributed by atoms with Crippen LogP contribution in [0.4, 0.5) is 0 Å². The number of rotatable bonds is 7. The quantitative estimate of drug-likeness (QED) is 0.741. The largest absolute Gasteiger partial charge is 0.495 e. The van der Waals surface area contributed by atoms with Crippen LogP contribution in [-0.4, -0.2) is 28.7 Å². The van der Waals surface area contributed by atoms with Gasteiger partial charge < -0.3 is 9.47 Å². The summed E-state index contributed by atoms with van der Waals surface area (Å²) in [4.78, 5) is 0.00450. The molecule has 0 bridgehead atoms. The minimum atomic E-state index is -3.74. The summed E-state index contributed by atoms with van der Waals surface area (Å²) in [5.74, 6) is 0.991. The lowest BCUT2D eigenvalue weighted by molar-refractivity contribution is 0.320. The Bertz CT molecular complexity index is 866. The Balaban J connectivity index is 2.02. The van der Waals surface area contributed by atoms with Crippen LogP contribution >= 0.6 is 11.6 Å². The molecule has 2 aromatic rings. The van der Waals surface area contributed by atoms with E-state index >= 15 is 0 Å². The molecule has 0 saturated carbocycles. The fourth-order valence-corrected chi connectivity index (χ4v) is 3.81. The predicted molar refractivity (Wildman–Crippen MR) is 99.3 cm³/mol. The van der Waals surface area contributed by atoms with Crippen molar-refractivity contribution >= 4 is 21.6 Å². The third-order valence-electron chi connectivity index (χ3n) is 3.86. The lowest BCUT2D eigenvalue weighted by atomic mass is 10.1. The first-order valence-electron chi connectivity index (χ1n) is 7.78. The average Bonchev–Trinajstić information content (AvgIpc) is 2.56. The molecule has 0 aliphatic heterocycles. The lowest BCUT2D eigenvalue weighted by Gasteiger charge is -2.13. The molecule has 0 amide bonds. The van der Waals surface area contributed by atoms with E-state index in [9.17, 15) is 8.42 Å². The number of halogens is 1. The van der Waals surface area contributed by atoms with Crippen LogP contribution in [0.5, 0.6) is 11.5 Å². The molecule has 2 rings (SSSR count). The van der Waals surface area contributed by atoms with Crippen molar-refractivity contribution < 1.29 is 17.9 Å². The summed E-state index contributed by atoms with van der Waals surface area (Å²) in [6.45, 7) is 6.35. The maximum Gasteiger partial charge on any atom is 0.244 e. The zero-order valence-corrected chi connectivity index (χ0v) is 16.3.